The van der Waals surface area contributed by atoms with Crippen molar-refractivity contribution in [3.8, 4) is 51.0 Å². The summed E-state index contributed by atoms with van der Waals surface area (Å²) >= 11 is 1.79. The minimum Gasteiger partial charge on any atom is -0.309 e. The summed E-state index contributed by atoms with van der Waals surface area (Å²) in [6, 6.07) is 64.3. The lowest BCUT2D eigenvalue weighted by atomic mass is 9.93. The normalized spacial score (nSPS) is 11.7. The highest BCUT2D eigenvalue weighted by Gasteiger charge is 2.22. The molecule has 11 rings (SSSR count). The minimum atomic E-state index is 0.623. The number of aromatic nitrogens is 4. The van der Waals surface area contributed by atoms with Crippen molar-refractivity contribution in [3.63, 3.8) is 0 Å². The van der Waals surface area contributed by atoms with Crippen molar-refractivity contribution in [1.82, 2.24) is 19.5 Å². The Balaban J connectivity index is 1.23. The van der Waals surface area contributed by atoms with Crippen molar-refractivity contribution in [1.29, 1.82) is 0 Å². The predicted molar refractivity (Wildman–Crippen MR) is 226 cm³/mol. The molecular formula is C49H30N4S. The maximum absolute atomic E-state index is 5.41. The van der Waals surface area contributed by atoms with Gasteiger partial charge in [-0.15, -0.1) is 11.3 Å². The summed E-state index contributed by atoms with van der Waals surface area (Å²) in [4.78, 5) is 16.2. The Morgan fingerprint density at radius 3 is 1.70 bits per heavy atom. The van der Waals surface area contributed by atoms with Crippen LogP contribution in [0.15, 0.2) is 182 Å². The molecule has 5 heteroatoms. The second-order valence-corrected chi connectivity index (χ2v) is 14.6. The summed E-state index contributed by atoms with van der Waals surface area (Å²) in [7, 11) is 0. The lowest BCUT2D eigenvalue weighted by Gasteiger charge is -2.16. The van der Waals surface area contributed by atoms with E-state index in [-0.39, 0.29) is 0 Å². The average molecular weight is 707 g/mol. The van der Waals surface area contributed by atoms with Crippen molar-refractivity contribution in [2.45, 2.75) is 0 Å². The van der Waals surface area contributed by atoms with Crippen molar-refractivity contribution in [2.75, 3.05) is 0 Å². The molecule has 4 nitrogen and oxygen atoms in total. The number of hydrogen-bond donors (Lipinski definition) is 0. The highest BCUT2D eigenvalue weighted by molar-refractivity contribution is 7.26. The second-order valence-electron chi connectivity index (χ2n) is 13.5. The quantitative estimate of drug-likeness (QED) is 0.179. The molecule has 0 radical (unpaired) electrons. The Morgan fingerprint density at radius 2 is 0.926 bits per heavy atom. The van der Waals surface area contributed by atoms with Gasteiger partial charge in [-0.05, 0) is 58.8 Å². The van der Waals surface area contributed by atoms with E-state index < -0.39 is 0 Å². The van der Waals surface area contributed by atoms with Gasteiger partial charge in [-0.2, -0.15) is 0 Å². The SMILES string of the molecule is c1ccc(-c2c(-c3nc(-c4ccccc4-n4c5ccccc5c5ccccc54)nc(-c4cccc5c4sc4ccccc45)n3)ccc3ccccc23)cc1. The van der Waals surface area contributed by atoms with E-state index in [0.717, 1.165) is 49.9 Å². The highest BCUT2D eigenvalue weighted by atomic mass is 32.1. The zero-order chi connectivity index (χ0) is 35.6. The van der Waals surface area contributed by atoms with Crippen LogP contribution in [-0.4, -0.2) is 19.5 Å². The highest BCUT2D eigenvalue weighted by Crippen LogP contribution is 2.42. The zero-order valence-electron chi connectivity index (χ0n) is 29.0. The number of fused-ring (bicyclic) bond motifs is 7. The van der Waals surface area contributed by atoms with Gasteiger partial charge in [0.1, 0.15) is 0 Å². The number of nitrogens with zero attached hydrogens (tertiary/aromatic N) is 4. The maximum Gasteiger partial charge on any atom is 0.166 e. The summed E-state index contributed by atoms with van der Waals surface area (Å²) < 4.78 is 4.76. The number of thiophene rings is 1. The van der Waals surface area contributed by atoms with Crippen molar-refractivity contribution in [2.24, 2.45) is 0 Å². The van der Waals surface area contributed by atoms with Crippen LogP contribution in [0, 0.1) is 0 Å². The van der Waals surface area contributed by atoms with Gasteiger partial charge in [-0.25, -0.2) is 15.0 Å². The van der Waals surface area contributed by atoms with Gasteiger partial charge in [0.15, 0.2) is 17.5 Å². The topological polar surface area (TPSA) is 43.6 Å². The van der Waals surface area contributed by atoms with Crippen LogP contribution in [0.5, 0.6) is 0 Å². The molecule has 0 amide bonds. The van der Waals surface area contributed by atoms with Gasteiger partial charge in [0.05, 0.1) is 16.7 Å². The third-order valence-electron chi connectivity index (χ3n) is 10.5. The van der Waals surface area contributed by atoms with Crippen LogP contribution >= 0.6 is 11.3 Å². The molecule has 0 aliphatic rings. The molecule has 252 valence electrons. The first-order chi connectivity index (χ1) is 26.8. The van der Waals surface area contributed by atoms with Gasteiger partial charge in [0, 0.05) is 53.2 Å². The van der Waals surface area contributed by atoms with Gasteiger partial charge < -0.3 is 4.57 Å². The standard InChI is InChI=1S/C49H30N4S/c1-2-16-32(17-3-1)45-33-18-5-4-15-31(33)29-30-39(45)48-50-47(51-49(52-48)40-24-14-23-37-36-21-9-13-28-44(36)54-46(37)40)38-22-8-12-27-43(38)53-41-25-10-6-19-34(41)35-20-7-11-26-42(35)53/h1-30H. The molecule has 11 aromatic rings. The fourth-order valence-electron chi connectivity index (χ4n) is 8.07. The third kappa shape index (κ3) is 4.79. The van der Waals surface area contributed by atoms with Crippen LogP contribution in [0.3, 0.4) is 0 Å². The summed E-state index contributed by atoms with van der Waals surface area (Å²) in [5.41, 5.74) is 8.39. The molecule has 0 unspecified atom stereocenters. The molecule has 0 saturated heterocycles. The average Bonchev–Trinajstić information content (AvgIpc) is 3.79. The molecule has 8 aromatic carbocycles. The van der Waals surface area contributed by atoms with Crippen LogP contribution in [0.25, 0.3) is 104 Å². The number of rotatable bonds is 5. The zero-order valence-corrected chi connectivity index (χ0v) is 29.8. The van der Waals surface area contributed by atoms with Crippen LogP contribution < -0.4 is 0 Å². The summed E-state index contributed by atoms with van der Waals surface area (Å²) in [5, 5.41) is 7.19. The molecule has 0 aliphatic heterocycles. The van der Waals surface area contributed by atoms with Crippen molar-refractivity contribution in [3.05, 3.63) is 182 Å². The van der Waals surface area contributed by atoms with Crippen LogP contribution in [0.4, 0.5) is 0 Å². The van der Waals surface area contributed by atoms with Crippen LogP contribution in [0.2, 0.25) is 0 Å². The fourth-order valence-corrected chi connectivity index (χ4v) is 9.29. The van der Waals surface area contributed by atoms with Crippen molar-refractivity contribution < 1.29 is 0 Å². The Bertz CT molecular complexity index is 3180. The van der Waals surface area contributed by atoms with E-state index in [0.29, 0.717) is 17.5 Å². The molecule has 3 heterocycles. The van der Waals surface area contributed by atoms with Gasteiger partial charge in [0.25, 0.3) is 0 Å². The predicted octanol–water partition coefficient (Wildman–Crippen LogP) is 13.2. The van der Waals surface area contributed by atoms with E-state index in [1.807, 2.05) is 0 Å². The van der Waals surface area contributed by atoms with Crippen LogP contribution in [-0.2, 0) is 0 Å². The molecule has 0 bridgehead atoms. The fraction of sp³-hybridized carbons (Fsp3) is 0. The van der Waals surface area contributed by atoms with Crippen molar-refractivity contribution >= 4 is 64.1 Å². The molecule has 0 fully saturated rings. The minimum absolute atomic E-state index is 0.623. The molecular weight excluding hydrogens is 677 g/mol. The number of benzene rings is 8. The Morgan fingerprint density at radius 1 is 0.370 bits per heavy atom. The molecule has 0 saturated carbocycles. The molecule has 0 spiro atoms. The molecule has 3 aromatic heterocycles. The van der Waals surface area contributed by atoms with Gasteiger partial charge in [0.2, 0.25) is 0 Å². The Hall–Kier alpha value is -6.95. The maximum atomic E-state index is 5.41. The van der Waals surface area contributed by atoms with Gasteiger partial charge in [-0.1, -0.05) is 140 Å². The molecule has 54 heavy (non-hydrogen) atoms. The lowest BCUT2D eigenvalue weighted by molar-refractivity contribution is 1.07. The summed E-state index contributed by atoms with van der Waals surface area (Å²) in [5.74, 6) is 1.91. The summed E-state index contributed by atoms with van der Waals surface area (Å²) in [6.45, 7) is 0. The van der Waals surface area contributed by atoms with Gasteiger partial charge in [-0.3, -0.25) is 0 Å². The smallest absolute Gasteiger partial charge is 0.166 e. The first kappa shape index (κ1) is 30.7. The Kier molecular flexibility index (Phi) is 7.00. The first-order valence-electron chi connectivity index (χ1n) is 18.1. The van der Waals surface area contributed by atoms with E-state index in [2.05, 4.69) is 187 Å². The van der Waals surface area contributed by atoms with E-state index in [1.165, 1.54) is 36.3 Å². The number of hydrogen-bond acceptors (Lipinski definition) is 4. The van der Waals surface area contributed by atoms with Crippen LogP contribution in [0.1, 0.15) is 0 Å². The molecule has 0 N–H and O–H groups in total. The summed E-state index contributed by atoms with van der Waals surface area (Å²) in [6.07, 6.45) is 0. The monoisotopic (exact) mass is 706 g/mol. The largest absolute Gasteiger partial charge is 0.309 e. The van der Waals surface area contributed by atoms with E-state index >= 15 is 0 Å². The van der Waals surface area contributed by atoms with Gasteiger partial charge >= 0.3 is 0 Å². The second kappa shape index (κ2) is 12.3. The van der Waals surface area contributed by atoms with E-state index in [4.69, 9.17) is 15.0 Å². The van der Waals surface area contributed by atoms with E-state index in [9.17, 15) is 0 Å². The Labute approximate surface area is 315 Å². The van der Waals surface area contributed by atoms with E-state index in [1.54, 1.807) is 11.3 Å². The molecule has 0 atom stereocenters. The lowest BCUT2D eigenvalue weighted by Crippen LogP contribution is -2.04. The first-order valence-corrected chi connectivity index (χ1v) is 18.9. The third-order valence-corrected chi connectivity index (χ3v) is 11.7. The molecule has 0 aliphatic carbocycles. The number of para-hydroxylation sites is 3.